The van der Waals surface area contributed by atoms with E-state index in [9.17, 15) is 0 Å². The zero-order valence-electron chi connectivity index (χ0n) is 9.12. The van der Waals surface area contributed by atoms with E-state index in [0.29, 0.717) is 5.92 Å². The van der Waals surface area contributed by atoms with E-state index in [-0.39, 0.29) is 0 Å². The van der Waals surface area contributed by atoms with Gasteiger partial charge < -0.3 is 10.3 Å². The van der Waals surface area contributed by atoms with Gasteiger partial charge >= 0.3 is 0 Å². The largest absolute Gasteiger partial charge is 0.369 e. The van der Waals surface area contributed by atoms with Crippen LogP contribution < -0.4 is 5.32 Å². The van der Waals surface area contributed by atoms with Gasteiger partial charge in [0.25, 0.3) is 0 Å². The molecule has 0 bridgehead atoms. The highest BCUT2D eigenvalue weighted by atomic mass is 15.0. The van der Waals surface area contributed by atoms with Crippen LogP contribution >= 0.6 is 0 Å². The Morgan fingerprint density at radius 1 is 1.47 bits per heavy atom. The zero-order valence-corrected chi connectivity index (χ0v) is 9.12. The highest BCUT2D eigenvalue weighted by Crippen LogP contribution is 2.17. The maximum absolute atomic E-state index is 4.24. The predicted octanol–water partition coefficient (Wildman–Crippen LogP) is 2.42. The SMILES string of the molecule is CCC(C)CNc1ncnc2[nH]ccc12. The molecular weight excluding hydrogens is 188 g/mol. The predicted molar refractivity (Wildman–Crippen MR) is 61.8 cm³/mol. The van der Waals surface area contributed by atoms with E-state index in [0.717, 1.165) is 23.4 Å². The Morgan fingerprint density at radius 2 is 2.33 bits per heavy atom. The fraction of sp³-hybridized carbons (Fsp3) is 0.455. The summed E-state index contributed by atoms with van der Waals surface area (Å²) in [6.07, 6.45) is 4.64. The van der Waals surface area contributed by atoms with Crippen molar-refractivity contribution in [3.8, 4) is 0 Å². The average Bonchev–Trinajstić information content (AvgIpc) is 2.74. The van der Waals surface area contributed by atoms with Crippen molar-refractivity contribution in [2.45, 2.75) is 20.3 Å². The maximum Gasteiger partial charge on any atom is 0.142 e. The standard InChI is InChI=1S/C11H16N4/c1-3-8(2)6-13-11-9-4-5-12-10(9)14-7-15-11/h4-5,7-8H,3,6H2,1-2H3,(H2,12,13,14,15). The Bertz CT molecular complexity index is 435. The lowest BCUT2D eigenvalue weighted by Gasteiger charge is -2.10. The van der Waals surface area contributed by atoms with E-state index in [1.807, 2.05) is 12.3 Å². The zero-order chi connectivity index (χ0) is 10.7. The molecule has 0 amide bonds. The number of hydrogen-bond acceptors (Lipinski definition) is 3. The van der Waals surface area contributed by atoms with Crippen molar-refractivity contribution in [3.63, 3.8) is 0 Å². The number of hydrogen-bond donors (Lipinski definition) is 2. The third-order valence-electron chi connectivity index (χ3n) is 2.67. The lowest BCUT2D eigenvalue weighted by Crippen LogP contribution is -2.11. The quantitative estimate of drug-likeness (QED) is 0.804. The van der Waals surface area contributed by atoms with Gasteiger partial charge in [0.2, 0.25) is 0 Å². The van der Waals surface area contributed by atoms with Crippen LogP contribution in [0.3, 0.4) is 0 Å². The second-order valence-corrected chi connectivity index (χ2v) is 3.86. The number of rotatable bonds is 4. The number of anilines is 1. The Hall–Kier alpha value is -1.58. The molecule has 4 heteroatoms. The molecule has 1 unspecified atom stereocenters. The monoisotopic (exact) mass is 204 g/mol. The number of nitrogens with zero attached hydrogens (tertiary/aromatic N) is 2. The van der Waals surface area contributed by atoms with Crippen LogP contribution in [-0.4, -0.2) is 21.5 Å². The lowest BCUT2D eigenvalue weighted by molar-refractivity contribution is 0.593. The van der Waals surface area contributed by atoms with Crippen LogP contribution in [0, 0.1) is 5.92 Å². The van der Waals surface area contributed by atoms with Crippen LogP contribution in [0.2, 0.25) is 0 Å². The van der Waals surface area contributed by atoms with Gasteiger partial charge in [-0.15, -0.1) is 0 Å². The molecule has 0 aliphatic rings. The van der Waals surface area contributed by atoms with Crippen LogP contribution in [0.4, 0.5) is 5.82 Å². The molecular formula is C11H16N4. The van der Waals surface area contributed by atoms with Gasteiger partial charge in [-0.1, -0.05) is 20.3 Å². The summed E-state index contributed by atoms with van der Waals surface area (Å²) in [4.78, 5) is 11.5. The van der Waals surface area contributed by atoms with Crippen molar-refractivity contribution in [1.82, 2.24) is 15.0 Å². The van der Waals surface area contributed by atoms with Gasteiger partial charge in [-0.3, -0.25) is 0 Å². The van der Waals surface area contributed by atoms with Gasteiger partial charge in [-0.05, 0) is 12.0 Å². The molecule has 2 N–H and O–H groups in total. The third kappa shape index (κ3) is 2.09. The van der Waals surface area contributed by atoms with Crippen molar-refractivity contribution >= 4 is 16.9 Å². The summed E-state index contributed by atoms with van der Waals surface area (Å²) in [7, 11) is 0. The summed E-state index contributed by atoms with van der Waals surface area (Å²) >= 11 is 0. The van der Waals surface area contributed by atoms with E-state index in [1.165, 1.54) is 6.42 Å². The van der Waals surface area contributed by atoms with Gasteiger partial charge in [0, 0.05) is 12.7 Å². The summed E-state index contributed by atoms with van der Waals surface area (Å²) < 4.78 is 0. The summed E-state index contributed by atoms with van der Waals surface area (Å²) in [6.45, 7) is 5.37. The lowest BCUT2D eigenvalue weighted by atomic mass is 10.1. The molecule has 0 saturated carbocycles. The van der Waals surface area contributed by atoms with E-state index in [1.54, 1.807) is 6.33 Å². The molecule has 4 nitrogen and oxygen atoms in total. The molecule has 15 heavy (non-hydrogen) atoms. The Kier molecular flexibility index (Phi) is 2.85. The fourth-order valence-electron chi connectivity index (χ4n) is 1.43. The fourth-order valence-corrected chi connectivity index (χ4v) is 1.43. The molecule has 0 saturated heterocycles. The van der Waals surface area contributed by atoms with Gasteiger partial charge in [0.1, 0.15) is 17.8 Å². The minimum Gasteiger partial charge on any atom is -0.369 e. The second-order valence-electron chi connectivity index (χ2n) is 3.86. The molecule has 2 heterocycles. The molecule has 0 aliphatic carbocycles. The summed E-state index contributed by atoms with van der Waals surface area (Å²) in [5.41, 5.74) is 0.886. The first kappa shape index (κ1) is 9.96. The summed E-state index contributed by atoms with van der Waals surface area (Å²) in [5, 5.41) is 4.41. The Balaban J connectivity index is 2.17. The third-order valence-corrected chi connectivity index (χ3v) is 2.67. The van der Waals surface area contributed by atoms with E-state index in [4.69, 9.17) is 0 Å². The average molecular weight is 204 g/mol. The summed E-state index contributed by atoms with van der Waals surface area (Å²) in [6, 6.07) is 1.99. The Morgan fingerprint density at radius 3 is 3.13 bits per heavy atom. The molecule has 1 atom stereocenters. The van der Waals surface area contributed by atoms with Crippen LogP contribution in [0.15, 0.2) is 18.6 Å². The number of nitrogens with one attached hydrogen (secondary N) is 2. The normalized spacial score (nSPS) is 12.9. The molecule has 2 aromatic rings. The van der Waals surface area contributed by atoms with Gasteiger partial charge in [-0.2, -0.15) is 0 Å². The van der Waals surface area contributed by atoms with Gasteiger partial charge in [0.05, 0.1) is 5.39 Å². The van der Waals surface area contributed by atoms with Crippen LogP contribution in [0.25, 0.3) is 11.0 Å². The Labute approximate surface area is 89.1 Å². The molecule has 0 aromatic carbocycles. The summed E-state index contributed by atoms with van der Waals surface area (Å²) in [5.74, 6) is 1.58. The molecule has 0 spiro atoms. The molecule has 80 valence electrons. The molecule has 0 fully saturated rings. The van der Waals surface area contributed by atoms with E-state index >= 15 is 0 Å². The smallest absolute Gasteiger partial charge is 0.142 e. The molecule has 0 aliphatic heterocycles. The first-order chi connectivity index (χ1) is 7.31. The first-order valence-electron chi connectivity index (χ1n) is 5.33. The van der Waals surface area contributed by atoms with E-state index in [2.05, 4.69) is 34.1 Å². The van der Waals surface area contributed by atoms with Crippen molar-refractivity contribution in [1.29, 1.82) is 0 Å². The van der Waals surface area contributed by atoms with Crippen LogP contribution in [-0.2, 0) is 0 Å². The minimum atomic E-state index is 0.661. The van der Waals surface area contributed by atoms with Crippen LogP contribution in [0.5, 0.6) is 0 Å². The molecule has 2 aromatic heterocycles. The van der Waals surface area contributed by atoms with Crippen LogP contribution in [0.1, 0.15) is 20.3 Å². The van der Waals surface area contributed by atoms with Crippen molar-refractivity contribution in [2.24, 2.45) is 5.92 Å². The van der Waals surface area contributed by atoms with Crippen molar-refractivity contribution in [2.75, 3.05) is 11.9 Å². The molecule has 2 rings (SSSR count). The number of H-pyrrole nitrogens is 1. The van der Waals surface area contributed by atoms with Gasteiger partial charge in [0.15, 0.2) is 0 Å². The number of fused-ring (bicyclic) bond motifs is 1. The highest BCUT2D eigenvalue weighted by molar-refractivity contribution is 5.86. The number of aromatic nitrogens is 3. The van der Waals surface area contributed by atoms with Crippen molar-refractivity contribution in [3.05, 3.63) is 18.6 Å². The highest BCUT2D eigenvalue weighted by Gasteiger charge is 2.04. The van der Waals surface area contributed by atoms with Gasteiger partial charge in [-0.25, -0.2) is 9.97 Å². The first-order valence-corrected chi connectivity index (χ1v) is 5.33. The minimum absolute atomic E-state index is 0.661. The topological polar surface area (TPSA) is 53.6 Å². The second kappa shape index (κ2) is 4.29. The number of aromatic amines is 1. The van der Waals surface area contributed by atoms with Crippen molar-refractivity contribution < 1.29 is 0 Å². The maximum atomic E-state index is 4.24. The molecule has 0 radical (unpaired) electrons. The van der Waals surface area contributed by atoms with E-state index < -0.39 is 0 Å².